The van der Waals surface area contributed by atoms with Gasteiger partial charge in [0.2, 0.25) is 0 Å². The maximum atomic E-state index is 5.52. The molecule has 0 unspecified atom stereocenters. The Kier molecular flexibility index (Phi) is 3.43. The maximum Gasteiger partial charge on any atom is 0.168 e. The summed E-state index contributed by atoms with van der Waals surface area (Å²) in [5, 5.41) is 3.46. The van der Waals surface area contributed by atoms with E-state index in [0.717, 1.165) is 11.6 Å². The van der Waals surface area contributed by atoms with Gasteiger partial charge in [0, 0.05) is 12.2 Å². The number of hydrogen-bond acceptors (Lipinski definition) is 3. The minimum atomic E-state index is 0.583. The average molecular weight is 206 g/mol. The second-order valence-corrected chi connectivity index (χ2v) is 3.91. The summed E-state index contributed by atoms with van der Waals surface area (Å²) in [6.45, 7) is 2.68. The van der Waals surface area contributed by atoms with Gasteiger partial charge in [-0.25, -0.2) is 4.98 Å². The highest BCUT2D eigenvalue weighted by Gasteiger charge is 2.16. The minimum absolute atomic E-state index is 0.583. The van der Waals surface area contributed by atoms with Gasteiger partial charge in [-0.05, 0) is 31.9 Å². The molecule has 3 heteroatoms. The highest BCUT2D eigenvalue weighted by Crippen LogP contribution is 2.26. The van der Waals surface area contributed by atoms with E-state index < -0.39 is 0 Å². The van der Waals surface area contributed by atoms with E-state index in [0.29, 0.717) is 12.6 Å². The van der Waals surface area contributed by atoms with Crippen molar-refractivity contribution in [2.45, 2.75) is 38.6 Å². The van der Waals surface area contributed by atoms with Gasteiger partial charge in [0.25, 0.3) is 0 Å². The predicted molar refractivity (Wildman–Crippen MR) is 61.3 cm³/mol. The lowest BCUT2D eigenvalue weighted by atomic mass is 10.2. The molecule has 1 saturated carbocycles. The topological polar surface area (TPSA) is 34.1 Å². The van der Waals surface area contributed by atoms with Crippen LogP contribution in [0.1, 0.15) is 32.6 Å². The van der Waals surface area contributed by atoms with Crippen molar-refractivity contribution in [2.24, 2.45) is 0 Å². The summed E-state index contributed by atoms with van der Waals surface area (Å²) in [7, 11) is 0. The van der Waals surface area contributed by atoms with Crippen molar-refractivity contribution in [1.82, 2.24) is 4.98 Å². The number of pyridine rings is 1. The first-order valence-corrected chi connectivity index (χ1v) is 5.74. The quantitative estimate of drug-likeness (QED) is 0.822. The molecule has 1 aliphatic rings. The van der Waals surface area contributed by atoms with Crippen LogP contribution in [0.4, 0.5) is 5.82 Å². The number of nitrogens with one attached hydrogen (secondary N) is 1. The van der Waals surface area contributed by atoms with E-state index in [-0.39, 0.29) is 0 Å². The van der Waals surface area contributed by atoms with Crippen LogP contribution in [0.15, 0.2) is 18.3 Å². The molecule has 0 bridgehead atoms. The third kappa shape index (κ3) is 2.61. The molecule has 0 aromatic carbocycles. The molecule has 0 atom stereocenters. The zero-order valence-electron chi connectivity index (χ0n) is 9.20. The van der Waals surface area contributed by atoms with E-state index in [9.17, 15) is 0 Å². The molecule has 0 saturated heterocycles. The molecule has 1 heterocycles. The minimum Gasteiger partial charge on any atom is -0.490 e. The third-order valence-corrected chi connectivity index (χ3v) is 2.77. The molecule has 0 aliphatic heterocycles. The third-order valence-electron chi connectivity index (χ3n) is 2.77. The van der Waals surface area contributed by atoms with Gasteiger partial charge in [-0.15, -0.1) is 0 Å². The summed E-state index contributed by atoms with van der Waals surface area (Å²) >= 11 is 0. The van der Waals surface area contributed by atoms with Crippen LogP contribution in [-0.2, 0) is 0 Å². The van der Waals surface area contributed by atoms with Gasteiger partial charge in [0.1, 0.15) is 0 Å². The number of ether oxygens (including phenoxy) is 1. The molecule has 82 valence electrons. The Morgan fingerprint density at radius 3 is 3.00 bits per heavy atom. The van der Waals surface area contributed by atoms with Crippen LogP contribution in [0, 0.1) is 0 Å². The van der Waals surface area contributed by atoms with Gasteiger partial charge >= 0.3 is 0 Å². The van der Waals surface area contributed by atoms with Crippen molar-refractivity contribution in [3.05, 3.63) is 18.3 Å². The van der Waals surface area contributed by atoms with E-state index in [2.05, 4.69) is 10.3 Å². The molecule has 1 N–H and O–H groups in total. The van der Waals surface area contributed by atoms with Gasteiger partial charge in [0.05, 0.1) is 6.61 Å². The Bertz CT molecular complexity index is 308. The molecular weight excluding hydrogens is 188 g/mol. The summed E-state index contributed by atoms with van der Waals surface area (Å²) in [4.78, 5) is 4.32. The van der Waals surface area contributed by atoms with E-state index in [1.165, 1.54) is 25.7 Å². The molecule has 0 spiro atoms. The lowest BCUT2D eigenvalue weighted by Crippen LogP contribution is -2.16. The summed E-state index contributed by atoms with van der Waals surface area (Å²) in [6, 6.07) is 4.46. The Morgan fingerprint density at radius 2 is 2.27 bits per heavy atom. The highest BCUT2D eigenvalue weighted by atomic mass is 16.5. The molecule has 1 fully saturated rings. The van der Waals surface area contributed by atoms with E-state index in [4.69, 9.17) is 4.74 Å². The molecule has 0 radical (unpaired) electrons. The van der Waals surface area contributed by atoms with Crippen LogP contribution in [-0.4, -0.2) is 17.6 Å². The van der Waals surface area contributed by atoms with E-state index in [1.807, 2.05) is 19.1 Å². The molecule has 0 amide bonds. The number of hydrogen-bond donors (Lipinski definition) is 1. The fourth-order valence-corrected chi connectivity index (χ4v) is 2.03. The Balaban J connectivity index is 2.05. The summed E-state index contributed by atoms with van der Waals surface area (Å²) in [5.74, 6) is 1.76. The van der Waals surface area contributed by atoms with Gasteiger partial charge in [0.15, 0.2) is 11.6 Å². The van der Waals surface area contributed by atoms with Gasteiger partial charge < -0.3 is 10.1 Å². The van der Waals surface area contributed by atoms with Crippen molar-refractivity contribution in [2.75, 3.05) is 11.9 Å². The van der Waals surface area contributed by atoms with Crippen LogP contribution in [0.25, 0.3) is 0 Å². The Labute approximate surface area is 90.9 Å². The number of nitrogens with zero attached hydrogens (tertiary/aromatic N) is 1. The second kappa shape index (κ2) is 5.01. The van der Waals surface area contributed by atoms with Crippen molar-refractivity contribution in [3.8, 4) is 5.75 Å². The second-order valence-electron chi connectivity index (χ2n) is 3.91. The maximum absolute atomic E-state index is 5.52. The smallest absolute Gasteiger partial charge is 0.168 e. The summed E-state index contributed by atoms with van der Waals surface area (Å²) < 4.78 is 5.52. The van der Waals surface area contributed by atoms with Crippen LogP contribution in [0.3, 0.4) is 0 Å². The van der Waals surface area contributed by atoms with Crippen molar-refractivity contribution in [1.29, 1.82) is 0 Å². The Hall–Kier alpha value is -1.25. The van der Waals surface area contributed by atoms with Crippen LogP contribution < -0.4 is 10.1 Å². The van der Waals surface area contributed by atoms with Crippen LogP contribution in [0.2, 0.25) is 0 Å². The van der Waals surface area contributed by atoms with Crippen LogP contribution >= 0.6 is 0 Å². The van der Waals surface area contributed by atoms with Crippen LogP contribution in [0.5, 0.6) is 5.75 Å². The zero-order chi connectivity index (χ0) is 10.5. The van der Waals surface area contributed by atoms with Gasteiger partial charge in [-0.3, -0.25) is 0 Å². The van der Waals surface area contributed by atoms with Crippen molar-refractivity contribution in [3.63, 3.8) is 0 Å². The normalized spacial score (nSPS) is 16.6. The first-order chi connectivity index (χ1) is 7.40. The first kappa shape index (κ1) is 10.3. The highest BCUT2D eigenvalue weighted by molar-refractivity contribution is 5.50. The lowest BCUT2D eigenvalue weighted by Gasteiger charge is -2.15. The zero-order valence-corrected chi connectivity index (χ0v) is 9.20. The fraction of sp³-hybridized carbons (Fsp3) is 0.583. The van der Waals surface area contributed by atoms with Crippen molar-refractivity contribution < 1.29 is 4.74 Å². The molecule has 1 aromatic rings. The lowest BCUT2D eigenvalue weighted by molar-refractivity contribution is 0.340. The molecular formula is C12H18N2O. The monoisotopic (exact) mass is 206 g/mol. The van der Waals surface area contributed by atoms with E-state index >= 15 is 0 Å². The SMILES string of the molecule is CCOc1cccnc1NC1CCCC1. The summed E-state index contributed by atoms with van der Waals surface area (Å²) in [5.41, 5.74) is 0. The number of anilines is 1. The Morgan fingerprint density at radius 1 is 1.47 bits per heavy atom. The van der Waals surface area contributed by atoms with Gasteiger partial charge in [-0.1, -0.05) is 12.8 Å². The van der Waals surface area contributed by atoms with Gasteiger partial charge in [-0.2, -0.15) is 0 Å². The average Bonchev–Trinajstić information content (AvgIpc) is 2.74. The number of aromatic nitrogens is 1. The first-order valence-electron chi connectivity index (χ1n) is 5.74. The number of rotatable bonds is 4. The molecule has 1 aliphatic carbocycles. The molecule has 3 nitrogen and oxygen atoms in total. The molecule has 2 rings (SSSR count). The largest absolute Gasteiger partial charge is 0.490 e. The molecule has 1 aromatic heterocycles. The standard InChI is InChI=1S/C12H18N2O/c1-2-15-11-8-5-9-13-12(11)14-10-6-3-4-7-10/h5,8-10H,2-4,6-7H2,1H3,(H,13,14). The summed E-state index contributed by atoms with van der Waals surface area (Å²) in [6.07, 6.45) is 6.97. The molecule has 15 heavy (non-hydrogen) atoms. The van der Waals surface area contributed by atoms with E-state index in [1.54, 1.807) is 6.20 Å². The predicted octanol–water partition coefficient (Wildman–Crippen LogP) is 2.83. The van der Waals surface area contributed by atoms with Crippen molar-refractivity contribution >= 4 is 5.82 Å². The fourth-order valence-electron chi connectivity index (χ4n) is 2.03.